The van der Waals surface area contributed by atoms with Gasteiger partial charge in [0.15, 0.2) is 0 Å². The van der Waals surface area contributed by atoms with Crippen molar-refractivity contribution >= 4 is 5.91 Å². The molecule has 0 aliphatic heterocycles. The van der Waals surface area contributed by atoms with Crippen LogP contribution in [0.25, 0.3) is 0 Å². The van der Waals surface area contributed by atoms with Crippen molar-refractivity contribution in [3.05, 3.63) is 35.6 Å². The standard InChI is InChI=1S/C16H19FN2O2/c17-13-5-3-12(4-6-13)9-14(10-20)19-15(21)16(11-18)7-1-2-8-16/h3-6,14,20H,1-2,7-10H2,(H,19,21)/t14-/m0/s1. The van der Waals surface area contributed by atoms with Gasteiger partial charge in [-0.25, -0.2) is 4.39 Å². The molecule has 1 saturated carbocycles. The zero-order valence-electron chi connectivity index (χ0n) is 11.8. The maximum atomic E-state index is 12.9. The number of nitrogens with zero attached hydrogens (tertiary/aromatic N) is 1. The molecule has 1 aromatic rings. The molecule has 2 rings (SSSR count). The smallest absolute Gasteiger partial charge is 0.240 e. The van der Waals surface area contributed by atoms with Gasteiger partial charge in [0.05, 0.1) is 18.7 Å². The molecule has 1 amide bonds. The number of benzene rings is 1. The quantitative estimate of drug-likeness (QED) is 0.870. The summed E-state index contributed by atoms with van der Waals surface area (Å²) in [6, 6.07) is 7.61. The normalized spacial score (nSPS) is 18.0. The molecule has 0 heterocycles. The summed E-state index contributed by atoms with van der Waals surface area (Å²) in [4.78, 5) is 12.3. The van der Waals surface area contributed by atoms with Crippen LogP contribution < -0.4 is 5.32 Å². The third-order valence-electron chi connectivity index (χ3n) is 4.06. The van der Waals surface area contributed by atoms with E-state index in [0.29, 0.717) is 19.3 Å². The minimum atomic E-state index is -0.948. The minimum Gasteiger partial charge on any atom is -0.394 e. The molecule has 5 heteroatoms. The number of nitriles is 1. The third kappa shape index (κ3) is 3.59. The second-order valence-electron chi connectivity index (χ2n) is 5.58. The number of amides is 1. The van der Waals surface area contributed by atoms with Gasteiger partial charge in [-0.15, -0.1) is 0 Å². The van der Waals surface area contributed by atoms with E-state index < -0.39 is 11.5 Å². The second-order valence-corrected chi connectivity index (χ2v) is 5.58. The lowest BCUT2D eigenvalue weighted by atomic mass is 9.86. The Bertz CT molecular complexity index is 530. The highest BCUT2D eigenvalue weighted by molar-refractivity contribution is 5.86. The van der Waals surface area contributed by atoms with Gasteiger partial charge in [-0.3, -0.25) is 4.79 Å². The van der Waals surface area contributed by atoms with Crippen LogP contribution in [-0.4, -0.2) is 23.7 Å². The summed E-state index contributed by atoms with van der Waals surface area (Å²) in [5.41, 5.74) is -0.121. The van der Waals surface area contributed by atoms with Crippen molar-refractivity contribution < 1.29 is 14.3 Å². The summed E-state index contributed by atoms with van der Waals surface area (Å²) in [6.45, 7) is -0.218. The molecule has 0 spiro atoms. The maximum Gasteiger partial charge on any atom is 0.240 e. The zero-order valence-corrected chi connectivity index (χ0v) is 11.8. The number of halogens is 1. The molecule has 1 aromatic carbocycles. The van der Waals surface area contributed by atoms with Gasteiger partial charge >= 0.3 is 0 Å². The van der Waals surface area contributed by atoms with E-state index in [4.69, 9.17) is 0 Å². The number of rotatable bonds is 5. The first-order valence-electron chi connectivity index (χ1n) is 7.17. The summed E-state index contributed by atoms with van der Waals surface area (Å²) in [5, 5.41) is 21.5. The Morgan fingerprint density at radius 3 is 2.52 bits per heavy atom. The summed E-state index contributed by atoms with van der Waals surface area (Å²) in [5.74, 6) is -0.624. The van der Waals surface area contributed by atoms with Crippen molar-refractivity contribution in [2.45, 2.75) is 38.1 Å². The monoisotopic (exact) mass is 290 g/mol. The van der Waals surface area contributed by atoms with Crippen molar-refractivity contribution in [3.8, 4) is 6.07 Å². The molecule has 1 fully saturated rings. The van der Waals surface area contributed by atoms with E-state index in [1.807, 2.05) is 0 Å². The van der Waals surface area contributed by atoms with Gasteiger partial charge in [0.25, 0.3) is 0 Å². The molecule has 4 nitrogen and oxygen atoms in total. The van der Waals surface area contributed by atoms with E-state index in [2.05, 4.69) is 11.4 Å². The fourth-order valence-electron chi connectivity index (χ4n) is 2.76. The molecule has 0 saturated heterocycles. The Morgan fingerprint density at radius 1 is 1.38 bits per heavy atom. The Morgan fingerprint density at radius 2 is 2.00 bits per heavy atom. The lowest BCUT2D eigenvalue weighted by Crippen LogP contribution is -2.46. The van der Waals surface area contributed by atoms with Crippen molar-refractivity contribution in [2.75, 3.05) is 6.61 Å². The molecule has 1 atom stereocenters. The predicted octanol–water partition coefficient (Wildman–Crippen LogP) is 1.93. The summed E-state index contributed by atoms with van der Waals surface area (Å²) < 4.78 is 12.9. The molecule has 0 aromatic heterocycles. The molecule has 2 N–H and O–H groups in total. The van der Waals surface area contributed by atoms with Crippen molar-refractivity contribution in [1.82, 2.24) is 5.32 Å². The van der Waals surface area contributed by atoms with Crippen molar-refractivity contribution in [1.29, 1.82) is 5.26 Å². The van der Waals surface area contributed by atoms with Gasteiger partial charge in [0.1, 0.15) is 11.2 Å². The minimum absolute atomic E-state index is 0.218. The van der Waals surface area contributed by atoms with Gasteiger partial charge in [-0.1, -0.05) is 25.0 Å². The van der Waals surface area contributed by atoms with Crippen LogP contribution in [0.1, 0.15) is 31.2 Å². The van der Waals surface area contributed by atoms with E-state index in [1.54, 1.807) is 12.1 Å². The molecule has 112 valence electrons. The van der Waals surface area contributed by atoms with Crippen LogP contribution in [0.3, 0.4) is 0 Å². The van der Waals surface area contributed by atoms with Crippen LogP contribution >= 0.6 is 0 Å². The average Bonchev–Trinajstić information content (AvgIpc) is 2.99. The first kappa shape index (κ1) is 15.5. The van der Waals surface area contributed by atoms with E-state index >= 15 is 0 Å². The van der Waals surface area contributed by atoms with Crippen LogP contribution in [0.15, 0.2) is 24.3 Å². The molecule has 1 aliphatic rings. The predicted molar refractivity (Wildman–Crippen MR) is 75.6 cm³/mol. The summed E-state index contributed by atoms with van der Waals surface area (Å²) >= 11 is 0. The van der Waals surface area contributed by atoms with E-state index in [-0.39, 0.29) is 18.3 Å². The molecule has 1 aliphatic carbocycles. The Kier molecular flexibility index (Phi) is 4.92. The zero-order chi connectivity index (χ0) is 15.3. The van der Waals surface area contributed by atoms with Gasteiger partial charge in [0, 0.05) is 0 Å². The van der Waals surface area contributed by atoms with Crippen molar-refractivity contribution in [3.63, 3.8) is 0 Å². The highest BCUT2D eigenvalue weighted by Crippen LogP contribution is 2.37. The lowest BCUT2D eigenvalue weighted by molar-refractivity contribution is -0.129. The summed E-state index contributed by atoms with van der Waals surface area (Å²) in [7, 11) is 0. The number of carbonyl (C=O) groups is 1. The van der Waals surface area contributed by atoms with Crippen LogP contribution in [0.2, 0.25) is 0 Å². The van der Waals surface area contributed by atoms with Gasteiger partial charge < -0.3 is 10.4 Å². The maximum absolute atomic E-state index is 12.9. The van der Waals surface area contributed by atoms with E-state index in [0.717, 1.165) is 18.4 Å². The number of hydrogen-bond donors (Lipinski definition) is 2. The molecular weight excluding hydrogens is 271 g/mol. The fourth-order valence-corrected chi connectivity index (χ4v) is 2.76. The highest BCUT2D eigenvalue weighted by Gasteiger charge is 2.42. The Labute approximate surface area is 123 Å². The SMILES string of the molecule is N#CC1(C(=O)N[C@H](CO)Cc2ccc(F)cc2)CCCC1. The van der Waals surface area contributed by atoms with Gasteiger partial charge in [-0.2, -0.15) is 5.26 Å². The number of aliphatic hydroxyl groups excluding tert-OH is 1. The first-order valence-corrected chi connectivity index (χ1v) is 7.17. The highest BCUT2D eigenvalue weighted by atomic mass is 19.1. The Hall–Kier alpha value is -1.93. The molecule has 0 unspecified atom stereocenters. The van der Waals surface area contributed by atoms with Crippen LogP contribution in [0.5, 0.6) is 0 Å². The molecule has 0 bridgehead atoms. The molecule has 0 radical (unpaired) electrons. The number of carbonyl (C=O) groups excluding carboxylic acids is 1. The van der Waals surface area contributed by atoms with E-state index in [9.17, 15) is 19.6 Å². The number of aliphatic hydroxyl groups is 1. The van der Waals surface area contributed by atoms with Gasteiger partial charge in [0.2, 0.25) is 5.91 Å². The number of hydrogen-bond acceptors (Lipinski definition) is 3. The van der Waals surface area contributed by atoms with Crippen molar-refractivity contribution in [2.24, 2.45) is 5.41 Å². The van der Waals surface area contributed by atoms with Gasteiger partial charge in [-0.05, 0) is 37.0 Å². The largest absolute Gasteiger partial charge is 0.394 e. The average molecular weight is 290 g/mol. The van der Waals surface area contributed by atoms with Crippen LogP contribution in [0.4, 0.5) is 4.39 Å². The van der Waals surface area contributed by atoms with E-state index in [1.165, 1.54) is 12.1 Å². The Balaban J connectivity index is 2.00. The third-order valence-corrected chi connectivity index (χ3v) is 4.06. The molecule has 21 heavy (non-hydrogen) atoms. The van der Waals surface area contributed by atoms with Crippen LogP contribution in [0, 0.1) is 22.6 Å². The topological polar surface area (TPSA) is 73.1 Å². The first-order chi connectivity index (χ1) is 10.1. The molecular formula is C16H19FN2O2. The second kappa shape index (κ2) is 6.68. The summed E-state index contributed by atoms with van der Waals surface area (Å²) in [6.07, 6.45) is 3.31. The van der Waals surface area contributed by atoms with Crippen LogP contribution in [-0.2, 0) is 11.2 Å². The number of nitrogens with one attached hydrogen (secondary N) is 1. The lowest BCUT2D eigenvalue weighted by Gasteiger charge is -2.24. The fraction of sp³-hybridized carbons (Fsp3) is 0.500.